The minimum absolute atomic E-state index is 0.0267. The molecule has 2 aromatic rings. The number of halogens is 1. The Hall–Kier alpha value is -3.52. The summed E-state index contributed by atoms with van der Waals surface area (Å²) in [5, 5.41) is 14.2. The number of ketones is 1. The van der Waals surface area contributed by atoms with Crippen molar-refractivity contribution in [2.24, 2.45) is 0 Å². The van der Waals surface area contributed by atoms with Crippen LogP contribution in [-0.2, 0) is 14.3 Å². The van der Waals surface area contributed by atoms with E-state index in [0.29, 0.717) is 10.6 Å². The van der Waals surface area contributed by atoms with Crippen molar-refractivity contribution < 1.29 is 24.0 Å². The molecule has 0 saturated heterocycles. The molecule has 0 spiro atoms. The van der Waals surface area contributed by atoms with Gasteiger partial charge in [0.2, 0.25) is 11.9 Å². The second kappa shape index (κ2) is 11.4. The standard InChI is InChI=1S/C24H23ClN2O6/c25-18-11-6-16(7-12-18)8-15-21(28)33-23(24(30)26-19-4-2-1-3-5-19)22(29)17-9-13-20(14-10-17)27(31)32/h6-15,19,23H,1-5H2,(H,26,30)/b15-8+. The minimum atomic E-state index is -1.71. The predicted octanol–water partition coefficient (Wildman–Crippen LogP) is 4.51. The Bertz CT molecular complexity index is 1040. The van der Waals surface area contributed by atoms with Gasteiger partial charge in [-0.15, -0.1) is 0 Å². The van der Waals surface area contributed by atoms with Gasteiger partial charge in [0, 0.05) is 34.8 Å². The highest BCUT2D eigenvalue weighted by Gasteiger charge is 2.33. The van der Waals surface area contributed by atoms with E-state index in [2.05, 4.69) is 5.32 Å². The summed E-state index contributed by atoms with van der Waals surface area (Å²) in [6.07, 6.45) is 5.48. The van der Waals surface area contributed by atoms with E-state index in [0.717, 1.165) is 50.3 Å². The average Bonchev–Trinajstić information content (AvgIpc) is 2.82. The molecule has 2 aromatic carbocycles. The van der Waals surface area contributed by atoms with Crippen LogP contribution in [0.3, 0.4) is 0 Å². The maximum Gasteiger partial charge on any atom is 0.332 e. The maximum absolute atomic E-state index is 13.0. The maximum atomic E-state index is 13.0. The van der Waals surface area contributed by atoms with Crippen LogP contribution in [0, 0.1) is 10.1 Å². The van der Waals surface area contributed by atoms with Gasteiger partial charge in [0.1, 0.15) is 0 Å². The first kappa shape index (κ1) is 24.1. The summed E-state index contributed by atoms with van der Waals surface area (Å²) in [7, 11) is 0. The molecular weight excluding hydrogens is 448 g/mol. The summed E-state index contributed by atoms with van der Waals surface area (Å²) in [5.74, 6) is -2.34. The van der Waals surface area contributed by atoms with Gasteiger partial charge < -0.3 is 10.1 Å². The number of ether oxygens (including phenoxy) is 1. The van der Waals surface area contributed by atoms with Crippen LogP contribution in [0.15, 0.2) is 54.6 Å². The number of rotatable bonds is 8. The molecule has 1 saturated carbocycles. The molecule has 0 aromatic heterocycles. The molecule has 8 nitrogen and oxygen atoms in total. The van der Waals surface area contributed by atoms with E-state index in [1.54, 1.807) is 24.3 Å². The topological polar surface area (TPSA) is 116 Å². The van der Waals surface area contributed by atoms with Gasteiger partial charge in [0.05, 0.1) is 4.92 Å². The molecule has 172 valence electrons. The summed E-state index contributed by atoms with van der Waals surface area (Å²) in [6.45, 7) is 0. The molecule has 1 atom stereocenters. The van der Waals surface area contributed by atoms with Crippen molar-refractivity contribution in [3.05, 3.63) is 80.9 Å². The largest absolute Gasteiger partial charge is 0.441 e. The van der Waals surface area contributed by atoms with Crippen molar-refractivity contribution in [1.29, 1.82) is 0 Å². The smallest absolute Gasteiger partial charge is 0.332 e. The summed E-state index contributed by atoms with van der Waals surface area (Å²) < 4.78 is 5.25. The number of carbonyl (C=O) groups is 3. The lowest BCUT2D eigenvalue weighted by Gasteiger charge is -2.25. The molecule has 1 aliphatic carbocycles. The van der Waals surface area contributed by atoms with Gasteiger partial charge in [-0.3, -0.25) is 19.7 Å². The zero-order valence-corrected chi connectivity index (χ0v) is 18.5. The predicted molar refractivity (Wildman–Crippen MR) is 123 cm³/mol. The van der Waals surface area contributed by atoms with Crippen molar-refractivity contribution in [2.45, 2.75) is 44.2 Å². The Morgan fingerprint density at radius 2 is 1.67 bits per heavy atom. The Morgan fingerprint density at radius 3 is 2.27 bits per heavy atom. The Kier molecular flexibility index (Phi) is 8.32. The van der Waals surface area contributed by atoms with E-state index in [1.165, 1.54) is 18.2 Å². The first-order chi connectivity index (χ1) is 15.8. The fourth-order valence-corrected chi connectivity index (χ4v) is 3.67. The Morgan fingerprint density at radius 1 is 1.03 bits per heavy atom. The monoisotopic (exact) mass is 470 g/mol. The number of nitrogens with one attached hydrogen (secondary N) is 1. The van der Waals surface area contributed by atoms with Gasteiger partial charge in [-0.05, 0) is 48.7 Å². The van der Waals surface area contributed by atoms with Gasteiger partial charge in [-0.2, -0.15) is 0 Å². The normalized spacial score (nSPS) is 15.1. The zero-order valence-electron chi connectivity index (χ0n) is 17.7. The van der Waals surface area contributed by atoms with Crippen molar-refractivity contribution in [3.8, 4) is 0 Å². The van der Waals surface area contributed by atoms with E-state index in [4.69, 9.17) is 16.3 Å². The van der Waals surface area contributed by atoms with Crippen LogP contribution < -0.4 is 5.32 Å². The highest BCUT2D eigenvalue weighted by Crippen LogP contribution is 2.19. The lowest BCUT2D eigenvalue weighted by atomic mass is 9.95. The van der Waals surface area contributed by atoms with Crippen LogP contribution in [0.2, 0.25) is 5.02 Å². The third-order valence-corrected chi connectivity index (χ3v) is 5.56. The summed E-state index contributed by atoms with van der Waals surface area (Å²) in [5.41, 5.74) is 0.512. The van der Waals surface area contributed by atoms with Crippen LogP contribution in [0.25, 0.3) is 6.08 Å². The molecule has 3 rings (SSSR count). The number of benzene rings is 2. The van der Waals surface area contributed by atoms with Gasteiger partial charge >= 0.3 is 5.97 Å². The van der Waals surface area contributed by atoms with E-state index in [1.807, 2.05) is 0 Å². The second-order valence-electron chi connectivity index (χ2n) is 7.71. The number of nitro benzene ring substituents is 1. The molecule has 0 aliphatic heterocycles. The molecule has 33 heavy (non-hydrogen) atoms. The molecule has 1 fully saturated rings. The zero-order chi connectivity index (χ0) is 23.8. The lowest BCUT2D eigenvalue weighted by Crippen LogP contribution is -2.47. The number of hydrogen-bond donors (Lipinski definition) is 1. The number of amides is 1. The number of carbonyl (C=O) groups excluding carboxylic acids is 3. The van der Waals surface area contributed by atoms with E-state index >= 15 is 0 Å². The number of non-ortho nitro benzene ring substituents is 1. The van der Waals surface area contributed by atoms with Crippen molar-refractivity contribution in [3.63, 3.8) is 0 Å². The number of Topliss-reactive ketones (excluding diaryl/α,β-unsaturated/α-hetero) is 1. The minimum Gasteiger partial charge on any atom is -0.441 e. The molecule has 1 unspecified atom stereocenters. The SMILES string of the molecule is O=C(/C=C/c1ccc(Cl)cc1)OC(C(=O)NC1CCCCC1)C(=O)c1ccc([N+](=O)[O-])cc1. The van der Waals surface area contributed by atoms with E-state index in [9.17, 15) is 24.5 Å². The van der Waals surface area contributed by atoms with Crippen molar-refractivity contribution in [1.82, 2.24) is 5.32 Å². The van der Waals surface area contributed by atoms with Gasteiger partial charge in [-0.1, -0.05) is 43.0 Å². The number of esters is 1. The molecule has 1 N–H and O–H groups in total. The molecule has 0 radical (unpaired) electrons. The van der Waals surface area contributed by atoms with Gasteiger partial charge in [-0.25, -0.2) is 4.79 Å². The van der Waals surface area contributed by atoms with Crippen molar-refractivity contribution in [2.75, 3.05) is 0 Å². The fourth-order valence-electron chi connectivity index (χ4n) is 3.54. The fraction of sp³-hybridized carbons (Fsp3) is 0.292. The Balaban J connectivity index is 1.76. The van der Waals surface area contributed by atoms with Crippen LogP contribution in [0.5, 0.6) is 0 Å². The summed E-state index contributed by atoms with van der Waals surface area (Å²) in [6, 6.07) is 11.4. The highest BCUT2D eigenvalue weighted by atomic mass is 35.5. The summed E-state index contributed by atoms with van der Waals surface area (Å²) in [4.78, 5) is 48.6. The molecule has 0 bridgehead atoms. The Labute approximate surface area is 195 Å². The van der Waals surface area contributed by atoms with Crippen LogP contribution in [0.1, 0.15) is 48.0 Å². The number of hydrogen-bond acceptors (Lipinski definition) is 6. The molecule has 0 heterocycles. The second-order valence-corrected chi connectivity index (χ2v) is 8.15. The average molecular weight is 471 g/mol. The molecule has 1 aliphatic rings. The quantitative estimate of drug-likeness (QED) is 0.151. The first-order valence-electron chi connectivity index (χ1n) is 10.6. The molecular formula is C24H23ClN2O6. The van der Waals surface area contributed by atoms with Gasteiger partial charge in [0.15, 0.2) is 0 Å². The number of nitrogens with zero attached hydrogens (tertiary/aromatic N) is 1. The third kappa shape index (κ3) is 6.98. The van der Waals surface area contributed by atoms with E-state index in [-0.39, 0.29) is 17.3 Å². The molecule has 1 amide bonds. The number of nitro groups is 1. The van der Waals surface area contributed by atoms with Crippen LogP contribution >= 0.6 is 11.6 Å². The summed E-state index contributed by atoms with van der Waals surface area (Å²) >= 11 is 5.84. The van der Waals surface area contributed by atoms with E-state index < -0.39 is 28.7 Å². The van der Waals surface area contributed by atoms with Crippen molar-refractivity contribution >= 4 is 41.0 Å². The third-order valence-electron chi connectivity index (χ3n) is 5.31. The molecule has 9 heteroatoms. The van der Waals surface area contributed by atoms with Crippen LogP contribution in [0.4, 0.5) is 5.69 Å². The highest BCUT2D eigenvalue weighted by molar-refractivity contribution is 6.30. The first-order valence-corrected chi connectivity index (χ1v) is 10.9. The lowest BCUT2D eigenvalue weighted by molar-refractivity contribution is -0.384. The van der Waals surface area contributed by atoms with Gasteiger partial charge in [0.25, 0.3) is 11.6 Å². The van der Waals surface area contributed by atoms with Crippen LogP contribution in [-0.4, -0.2) is 34.7 Å².